The van der Waals surface area contributed by atoms with E-state index < -0.39 is 5.91 Å². The Balaban J connectivity index is 1.87. The first kappa shape index (κ1) is 14.1. The zero-order valence-electron chi connectivity index (χ0n) is 10.8. The van der Waals surface area contributed by atoms with E-state index in [9.17, 15) is 4.79 Å². The van der Waals surface area contributed by atoms with Crippen LogP contribution in [0.2, 0.25) is 10.2 Å². The van der Waals surface area contributed by atoms with E-state index in [1.54, 1.807) is 12.1 Å². The van der Waals surface area contributed by atoms with Crippen LogP contribution in [0.1, 0.15) is 16.8 Å². The van der Waals surface area contributed by atoms with Crippen LogP contribution in [0, 0.1) is 0 Å². The molecule has 0 unspecified atom stereocenters. The molecule has 1 aliphatic rings. The van der Waals surface area contributed by atoms with Gasteiger partial charge in [-0.25, -0.2) is 0 Å². The highest BCUT2D eigenvalue weighted by molar-refractivity contribution is 6.35. The molecule has 1 amide bonds. The van der Waals surface area contributed by atoms with Crippen LogP contribution in [0.15, 0.2) is 28.9 Å². The Morgan fingerprint density at radius 3 is 2.52 bits per heavy atom. The summed E-state index contributed by atoms with van der Waals surface area (Å²) in [6.07, 6.45) is 2.13. The van der Waals surface area contributed by atoms with Crippen molar-refractivity contribution in [2.24, 2.45) is 0 Å². The molecule has 0 saturated heterocycles. The van der Waals surface area contributed by atoms with Gasteiger partial charge in [-0.2, -0.15) is 0 Å². The van der Waals surface area contributed by atoms with E-state index in [1.165, 1.54) is 12.3 Å². The first-order valence-corrected chi connectivity index (χ1v) is 7.04. The highest BCUT2D eigenvalue weighted by Gasteiger charge is 2.18. The van der Waals surface area contributed by atoms with Gasteiger partial charge >= 0.3 is 0 Å². The summed E-state index contributed by atoms with van der Waals surface area (Å²) in [5.74, 6) is 0.701. The lowest BCUT2D eigenvalue weighted by Crippen LogP contribution is -2.12. The number of fused-ring (bicyclic) bond motifs is 1. The monoisotopic (exact) mass is 327 g/mol. The van der Waals surface area contributed by atoms with Gasteiger partial charge in [0.2, 0.25) is 5.22 Å². The van der Waals surface area contributed by atoms with Crippen molar-refractivity contribution in [3.05, 3.63) is 40.3 Å². The maximum absolute atomic E-state index is 12.1. The summed E-state index contributed by atoms with van der Waals surface area (Å²) < 4.78 is 16.0. The maximum atomic E-state index is 12.1. The highest BCUT2D eigenvalue weighted by atomic mass is 35.5. The minimum atomic E-state index is -0.412. The number of ether oxygens (including phenoxy) is 2. The van der Waals surface area contributed by atoms with Crippen molar-refractivity contribution in [3.8, 4) is 11.5 Å². The number of nitrogens with one attached hydrogen (secondary N) is 1. The Morgan fingerprint density at radius 2 is 1.86 bits per heavy atom. The summed E-state index contributed by atoms with van der Waals surface area (Å²) >= 11 is 11.9. The number of rotatable bonds is 2. The SMILES string of the molecule is O=C(Nc1cc2c(cc1Cl)OCCCO2)c1ccoc1Cl. The molecule has 1 aromatic heterocycles. The van der Waals surface area contributed by atoms with E-state index in [-0.39, 0.29) is 10.8 Å². The van der Waals surface area contributed by atoms with Gasteiger partial charge in [0.15, 0.2) is 11.5 Å². The van der Waals surface area contributed by atoms with Crippen molar-refractivity contribution in [2.45, 2.75) is 6.42 Å². The fourth-order valence-electron chi connectivity index (χ4n) is 1.93. The third kappa shape index (κ3) is 2.94. The van der Waals surface area contributed by atoms with Gasteiger partial charge in [0.25, 0.3) is 5.91 Å². The van der Waals surface area contributed by atoms with Gasteiger partial charge in [-0.05, 0) is 17.7 Å². The van der Waals surface area contributed by atoms with E-state index in [4.69, 9.17) is 37.1 Å². The van der Waals surface area contributed by atoms with Crippen molar-refractivity contribution in [2.75, 3.05) is 18.5 Å². The molecule has 1 N–H and O–H groups in total. The van der Waals surface area contributed by atoms with Crippen molar-refractivity contribution in [3.63, 3.8) is 0 Å². The summed E-state index contributed by atoms with van der Waals surface area (Å²) in [5.41, 5.74) is 0.656. The molecule has 0 fully saturated rings. The van der Waals surface area contributed by atoms with Gasteiger partial charge in [0, 0.05) is 18.6 Å². The number of anilines is 1. The lowest BCUT2D eigenvalue weighted by atomic mass is 10.2. The normalized spacial score (nSPS) is 13.6. The molecule has 0 atom stereocenters. The van der Waals surface area contributed by atoms with Crippen LogP contribution in [0.3, 0.4) is 0 Å². The molecule has 2 heterocycles. The Morgan fingerprint density at radius 1 is 1.14 bits per heavy atom. The number of benzene rings is 1. The summed E-state index contributed by atoms with van der Waals surface area (Å²) in [5, 5.41) is 3.05. The van der Waals surface area contributed by atoms with E-state index >= 15 is 0 Å². The molecular weight excluding hydrogens is 317 g/mol. The van der Waals surface area contributed by atoms with Gasteiger partial charge in [-0.1, -0.05) is 11.6 Å². The average molecular weight is 328 g/mol. The van der Waals surface area contributed by atoms with Gasteiger partial charge in [-0.3, -0.25) is 4.79 Å². The summed E-state index contributed by atoms with van der Waals surface area (Å²) in [6, 6.07) is 4.73. The molecule has 0 bridgehead atoms. The molecular formula is C14H11Cl2NO4. The predicted molar refractivity (Wildman–Crippen MR) is 78.7 cm³/mol. The van der Waals surface area contributed by atoms with Gasteiger partial charge in [-0.15, -0.1) is 0 Å². The number of hydrogen-bond donors (Lipinski definition) is 1. The standard InChI is InChI=1S/C14H11Cl2NO4/c15-9-6-11-12(20-4-1-3-19-11)7-10(9)17-14(18)8-2-5-21-13(8)16/h2,5-7H,1,3-4H2,(H,17,18). The molecule has 0 radical (unpaired) electrons. The number of halogens is 2. The Kier molecular flexibility index (Phi) is 3.94. The summed E-state index contributed by atoms with van der Waals surface area (Å²) in [6.45, 7) is 1.12. The zero-order chi connectivity index (χ0) is 14.8. The Bertz CT molecular complexity index is 684. The average Bonchev–Trinajstić information content (AvgIpc) is 2.75. The third-order valence-electron chi connectivity index (χ3n) is 2.95. The van der Waals surface area contributed by atoms with Crippen LogP contribution in [0.25, 0.3) is 0 Å². The van der Waals surface area contributed by atoms with Crippen molar-refractivity contribution in [1.82, 2.24) is 0 Å². The van der Waals surface area contributed by atoms with Gasteiger partial charge in [0.1, 0.15) is 0 Å². The topological polar surface area (TPSA) is 60.7 Å². The van der Waals surface area contributed by atoms with Crippen molar-refractivity contribution < 1.29 is 18.7 Å². The van der Waals surface area contributed by atoms with Crippen molar-refractivity contribution >= 4 is 34.8 Å². The number of hydrogen-bond acceptors (Lipinski definition) is 4. The van der Waals surface area contributed by atoms with Gasteiger partial charge < -0.3 is 19.2 Å². The number of amides is 1. The number of carbonyl (C=O) groups excluding carboxylic acids is 1. The van der Waals surface area contributed by atoms with Crippen LogP contribution in [0.4, 0.5) is 5.69 Å². The predicted octanol–water partition coefficient (Wildman–Crippen LogP) is 4.00. The maximum Gasteiger partial charge on any atom is 0.260 e. The molecule has 0 saturated carbocycles. The molecule has 110 valence electrons. The number of carbonyl (C=O) groups is 1. The second kappa shape index (κ2) is 5.87. The molecule has 21 heavy (non-hydrogen) atoms. The fourth-order valence-corrected chi connectivity index (χ4v) is 2.33. The first-order chi connectivity index (χ1) is 10.1. The summed E-state index contributed by atoms with van der Waals surface area (Å²) in [4.78, 5) is 12.1. The quantitative estimate of drug-likeness (QED) is 0.905. The molecule has 7 heteroatoms. The van der Waals surface area contributed by atoms with E-state index in [2.05, 4.69) is 5.32 Å². The highest BCUT2D eigenvalue weighted by Crippen LogP contribution is 2.38. The van der Waals surface area contributed by atoms with E-state index in [0.717, 1.165) is 6.42 Å². The molecule has 3 rings (SSSR count). The smallest absolute Gasteiger partial charge is 0.260 e. The number of furan rings is 1. The molecule has 1 aliphatic heterocycles. The minimum Gasteiger partial charge on any atom is -0.490 e. The van der Waals surface area contributed by atoms with Crippen LogP contribution in [0.5, 0.6) is 11.5 Å². The fraction of sp³-hybridized carbons (Fsp3) is 0.214. The summed E-state index contributed by atoms with van der Waals surface area (Å²) in [7, 11) is 0. The zero-order valence-corrected chi connectivity index (χ0v) is 12.3. The molecule has 1 aromatic carbocycles. The van der Waals surface area contributed by atoms with Crippen LogP contribution >= 0.6 is 23.2 Å². The lowest BCUT2D eigenvalue weighted by molar-refractivity contribution is 0.102. The van der Waals surface area contributed by atoms with Crippen LogP contribution in [-0.4, -0.2) is 19.1 Å². The van der Waals surface area contributed by atoms with E-state index in [1.807, 2.05) is 0 Å². The van der Waals surface area contributed by atoms with Gasteiger partial charge in [0.05, 0.1) is 35.8 Å². The second-order valence-electron chi connectivity index (χ2n) is 4.39. The molecule has 0 spiro atoms. The molecule has 2 aromatic rings. The minimum absolute atomic E-state index is 0.0259. The third-order valence-corrected chi connectivity index (χ3v) is 3.55. The second-order valence-corrected chi connectivity index (χ2v) is 5.14. The van der Waals surface area contributed by atoms with E-state index in [0.29, 0.717) is 35.4 Å². The van der Waals surface area contributed by atoms with Crippen LogP contribution in [-0.2, 0) is 0 Å². The van der Waals surface area contributed by atoms with Crippen molar-refractivity contribution in [1.29, 1.82) is 0 Å². The molecule has 5 nitrogen and oxygen atoms in total. The largest absolute Gasteiger partial charge is 0.490 e. The Hall–Kier alpha value is -1.85. The lowest BCUT2D eigenvalue weighted by Gasteiger charge is -2.12. The Labute approximate surface area is 130 Å². The van der Waals surface area contributed by atoms with Crippen LogP contribution < -0.4 is 14.8 Å². The molecule has 0 aliphatic carbocycles. The first-order valence-electron chi connectivity index (χ1n) is 6.28.